The van der Waals surface area contributed by atoms with Gasteiger partial charge in [-0.3, -0.25) is 9.20 Å². The second-order valence-electron chi connectivity index (χ2n) is 8.98. The molecule has 2 fully saturated rings. The smallest absolute Gasteiger partial charge is 0.273 e. The number of amides is 1. The predicted octanol–water partition coefficient (Wildman–Crippen LogP) is 4.08. The van der Waals surface area contributed by atoms with Gasteiger partial charge in [0.15, 0.2) is 0 Å². The van der Waals surface area contributed by atoms with Crippen LogP contribution in [0.3, 0.4) is 0 Å². The molecular formula is C20H26FN3O. The van der Waals surface area contributed by atoms with Crippen LogP contribution in [0.25, 0.3) is 5.65 Å². The average molecular weight is 343 g/mol. The van der Waals surface area contributed by atoms with Crippen LogP contribution in [0.2, 0.25) is 0 Å². The molecule has 2 aliphatic rings. The normalized spacial score (nSPS) is 27.9. The van der Waals surface area contributed by atoms with Crippen LogP contribution >= 0.6 is 0 Å². The van der Waals surface area contributed by atoms with E-state index in [1.807, 2.05) is 11.8 Å². The van der Waals surface area contributed by atoms with Gasteiger partial charge in [-0.05, 0) is 48.6 Å². The maximum atomic E-state index is 13.8. The number of pyridine rings is 1. The van der Waals surface area contributed by atoms with E-state index < -0.39 is 0 Å². The van der Waals surface area contributed by atoms with Crippen molar-refractivity contribution in [3.8, 4) is 0 Å². The van der Waals surface area contributed by atoms with Crippen molar-refractivity contribution in [2.75, 3.05) is 6.54 Å². The number of hydrogen-bond acceptors (Lipinski definition) is 2. The van der Waals surface area contributed by atoms with E-state index in [9.17, 15) is 9.18 Å². The molecule has 5 heteroatoms. The minimum atomic E-state index is -0.352. The van der Waals surface area contributed by atoms with Gasteiger partial charge in [0, 0.05) is 18.8 Å². The highest BCUT2D eigenvalue weighted by Gasteiger charge is 2.51. The molecule has 1 aliphatic carbocycles. The van der Waals surface area contributed by atoms with Crippen molar-refractivity contribution in [2.24, 2.45) is 10.8 Å². The zero-order chi connectivity index (χ0) is 18.0. The molecule has 1 aliphatic heterocycles. The van der Waals surface area contributed by atoms with Crippen molar-refractivity contribution in [3.05, 3.63) is 35.5 Å². The molecule has 4 nitrogen and oxygen atoms in total. The third-order valence-corrected chi connectivity index (χ3v) is 5.87. The summed E-state index contributed by atoms with van der Waals surface area (Å²) >= 11 is 0. The maximum absolute atomic E-state index is 13.8. The summed E-state index contributed by atoms with van der Waals surface area (Å²) < 4.78 is 15.4. The van der Waals surface area contributed by atoms with Crippen molar-refractivity contribution >= 4 is 11.6 Å². The van der Waals surface area contributed by atoms with E-state index in [4.69, 9.17) is 0 Å². The summed E-state index contributed by atoms with van der Waals surface area (Å²) in [5, 5.41) is 0. The highest BCUT2D eigenvalue weighted by molar-refractivity contribution is 5.95. The van der Waals surface area contributed by atoms with Crippen LogP contribution < -0.4 is 0 Å². The van der Waals surface area contributed by atoms with Crippen LogP contribution in [-0.2, 0) is 6.42 Å². The Labute approximate surface area is 148 Å². The molecule has 0 aromatic carbocycles. The SMILES string of the molecule is CCc1nc2ccc(F)cn2c1C(=O)N1CC2(C)CC1CC(C)(C)C2. The van der Waals surface area contributed by atoms with Gasteiger partial charge in [0.05, 0.1) is 5.69 Å². The molecule has 2 aromatic heterocycles. The number of halogens is 1. The fourth-order valence-corrected chi connectivity index (χ4v) is 5.37. The van der Waals surface area contributed by atoms with E-state index in [1.54, 1.807) is 10.5 Å². The number of hydrogen-bond donors (Lipinski definition) is 0. The van der Waals surface area contributed by atoms with Gasteiger partial charge in [-0.2, -0.15) is 0 Å². The molecule has 1 saturated heterocycles. The third kappa shape index (κ3) is 2.64. The molecule has 3 heterocycles. The van der Waals surface area contributed by atoms with Crippen LogP contribution in [0.15, 0.2) is 18.3 Å². The molecule has 1 saturated carbocycles. The van der Waals surface area contributed by atoms with E-state index >= 15 is 0 Å². The Bertz CT molecular complexity index is 856. The standard InChI is InChI=1S/C20H26FN3O/c1-5-15-17(23-10-13(21)6-7-16(23)22-15)18(25)24-12-20(4)9-14(24)8-19(2,3)11-20/h6-7,10,14H,5,8-9,11-12H2,1-4H3. The summed E-state index contributed by atoms with van der Waals surface area (Å²) in [7, 11) is 0. The maximum Gasteiger partial charge on any atom is 0.273 e. The quantitative estimate of drug-likeness (QED) is 0.824. The summed E-state index contributed by atoms with van der Waals surface area (Å²) in [5.74, 6) is -0.351. The number of aromatic nitrogens is 2. The summed E-state index contributed by atoms with van der Waals surface area (Å²) in [5.41, 5.74) is 2.36. The first-order chi connectivity index (χ1) is 11.7. The molecule has 2 aromatic rings. The van der Waals surface area contributed by atoms with Gasteiger partial charge >= 0.3 is 0 Å². The van der Waals surface area contributed by atoms with Gasteiger partial charge in [-0.15, -0.1) is 0 Å². The molecule has 2 unspecified atom stereocenters. The van der Waals surface area contributed by atoms with Crippen LogP contribution in [0.5, 0.6) is 0 Å². The number of nitrogens with zero attached hydrogens (tertiary/aromatic N) is 3. The Morgan fingerprint density at radius 3 is 2.80 bits per heavy atom. The van der Waals surface area contributed by atoms with Gasteiger partial charge in [0.1, 0.15) is 17.2 Å². The zero-order valence-corrected chi connectivity index (χ0v) is 15.5. The first kappa shape index (κ1) is 16.6. The first-order valence-electron chi connectivity index (χ1n) is 9.19. The van der Waals surface area contributed by atoms with Gasteiger partial charge in [-0.25, -0.2) is 9.37 Å². The molecule has 25 heavy (non-hydrogen) atoms. The second kappa shape index (κ2) is 5.29. The fraction of sp³-hybridized carbons (Fsp3) is 0.600. The van der Waals surface area contributed by atoms with E-state index in [-0.39, 0.29) is 28.6 Å². The van der Waals surface area contributed by atoms with E-state index in [0.717, 1.165) is 31.5 Å². The highest BCUT2D eigenvalue weighted by atomic mass is 19.1. The minimum Gasteiger partial charge on any atom is -0.334 e. The first-order valence-corrected chi connectivity index (χ1v) is 9.19. The highest BCUT2D eigenvalue weighted by Crippen LogP contribution is 2.52. The molecule has 134 valence electrons. The van der Waals surface area contributed by atoms with Crippen LogP contribution in [0, 0.1) is 16.6 Å². The number of imidazole rings is 1. The van der Waals surface area contributed by atoms with Crippen molar-refractivity contribution in [2.45, 2.75) is 59.4 Å². The Morgan fingerprint density at radius 1 is 1.32 bits per heavy atom. The second-order valence-corrected chi connectivity index (χ2v) is 8.98. The van der Waals surface area contributed by atoms with Crippen molar-refractivity contribution in [3.63, 3.8) is 0 Å². The molecule has 4 rings (SSSR count). The monoisotopic (exact) mass is 343 g/mol. The Hall–Kier alpha value is -1.91. The number of rotatable bonds is 2. The van der Waals surface area contributed by atoms with Crippen LogP contribution in [0.1, 0.15) is 63.1 Å². The topological polar surface area (TPSA) is 37.6 Å². The summed E-state index contributed by atoms with van der Waals surface area (Å²) in [6, 6.07) is 3.30. The van der Waals surface area contributed by atoms with E-state index in [2.05, 4.69) is 25.8 Å². The van der Waals surface area contributed by atoms with Gasteiger partial charge in [-0.1, -0.05) is 27.7 Å². The number of likely N-dealkylation sites (tertiary alicyclic amines) is 1. The van der Waals surface area contributed by atoms with Gasteiger partial charge in [0.2, 0.25) is 0 Å². The Morgan fingerprint density at radius 2 is 2.08 bits per heavy atom. The van der Waals surface area contributed by atoms with Crippen molar-refractivity contribution < 1.29 is 9.18 Å². The lowest BCUT2D eigenvalue weighted by Crippen LogP contribution is -2.38. The largest absolute Gasteiger partial charge is 0.334 e. The Kier molecular flexibility index (Phi) is 3.50. The molecule has 0 N–H and O–H groups in total. The molecule has 0 radical (unpaired) electrons. The van der Waals surface area contributed by atoms with Crippen molar-refractivity contribution in [1.29, 1.82) is 0 Å². The van der Waals surface area contributed by atoms with Crippen LogP contribution in [-0.4, -0.2) is 32.8 Å². The summed E-state index contributed by atoms with van der Waals surface area (Å²) in [6.07, 6.45) is 5.27. The minimum absolute atomic E-state index is 0.00127. The zero-order valence-electron chi connectivity index (χ0n) is 15.5. The fourth-order valence-electron chi connectivity index (χ4n) is 5.37. The van der Waals surface area contributed by atoms with Gasteiger partial charge < -0.3 is 4.90 Å². The Balaban J connectivity index is 1.77. The van der Waals surface area contributed by atoms with E-state index in [0.29, 0.717) is 17.8 Å². The van der Waals surface area contributed by atoms with Gasteiger partial charge in [0.25, 0.3) is 5.91 Å². The molecule has 0 spiro atoms. The average Bonchev–Trinajstić information content (AvgIpc) is 2.99. The summed E-state index contributed by atoms with van der Waals surface area (Å²) in [4.78, 5) is 20.0. The number of aryl methyl sites for hydroxylation is 1. The lowest BCUT2D eigenvalue weighted by Gasteiger charge is -2.39. The van der Waals surface area contributed by atoms with Crippen molar-refractivity contribution in [1.82, 2.24) is 14.3 Å². The molecule has 1 amide bonds. The number of fused-ring (bicyclic) bond motifs is 3. The lowest BCUT2D eigenvalue weighted by molar-refractivity contribution is 0.0700. The van der Waals surface area contributed by atoms with Crippen LogP contribution in [0.4, 0.5) is 4.39 Å². The molecule has 2 bridgehead atoms. The molecular weight excluding hydrogens is 317 g/mol. The lowest BCUT2D eigenvalue weighted by atomic mass is 9.65. The predicted molar refractivity (Wildman–Crippen MR) is 95.1 cm³/mol. The van der Waals surface area contributed by atoms with E-state index in [1.165, 1.54) is 12.3 Å². The third-order valence-electron chi connectivity index (χ3n) is 5.87. The molecule has 2 atom stereocenters. The number of carbonyl (C=O) groups excluding carboxylic acids is 1. The summed E-state index contributed by atoms with van der Waals surface area (Å²) in [6.45, 7) is 9.66. The number of carbonyl (C=O) groups is 1.